The summed E-state index contributed by atoms with van der Waals surface area (Å²) in [4.78, 5) is 12.8. The lowest BCUT2D eigenvalue weighted by atomic mass is 9.97. The summed E-state index contributed by atoms with van der Waals surface area (Å²) in [6.45, 7) is 3.39. The Kier molecular flexibility index (Phi) is 5.96. The van der Waals surface area contributed by atoms with Crippen LogP contribution >= 0.6 is 11.6 Å². The van der Waals surface area contributed by atoms with Gasteiger partial charge in [0.25, 0.3) is 0 Å². The maximum absolute atomic E-state index is 13.1. The van der Waals surface area contributed by atoms with E-state index in [1.807, 2.05) is 0 Å². The van der Waals surface area contributed by atoms with Gasteiger partial charge in [-0.25, -0.2) is 4.39 Å². The van der Waals surface area contributed by atoms with Gasteiger partial charge >= 0.3 is 5.97 Å². The van der Waals surface area contributed by atoms with Crippen LogP contribution in [-0.2, 0) is 11.3 Å². The third-order valence-electron chi connectivity index (χ3n) is 3.70. The summed E-state index contributed by atoms with van der Waals surface area (Å²) >= 11 is 5.80. The molecule has 0 radical (unpaired) electrons. The van der Waals surface area contributed by atoms with Crippen LogP contribution in [-0.4, -0.2) is 42.2 Å². The van der Waals surface area contributed by atoms with Crippen molar-refractivity contribution in [3.05, 3.63) is 34.6 Å². The second kappa shape index (κ2) is 7.73. The van der Waals surface area contributed by atoms with Crippen LogP contribution in [0.4, 0.5) is 4.39 Å². The second-order valence-corrected chi connectivity index (χ2v) is 5.92. The van der Waals surface area contributed by atoms with Gasteiger partial charge in [-0.2, -0.15) is 0 Å². The van der Waals surface area contributed by atoms with Crippen molar-refractivity contribution in [2.24, 2.45) is 5.92 Å². The van der Waals surface area contributed by atoms with E-state index in [4.69, 9.17) is 16.7 Å². The number of nitrogens with zero attached hydrogens (tertiary/aromatic N) is 1. The minimum absolute atomic E-state index is 0.00404. The van der Waals surface area contributed by atoms with Gasteiger partial charge < -0.3 is 10.4 Å². The Balaban J connectivity index is 1.83. The second-order valence-electron chi connectivity index (χ2n) is 5.52. The van der Waals surface area contributed by atoms with Crippen LogP contribution in [0.25, 0.3) is 0 Å². The molecule has 4 nitrogen and oxygen atoms in total. The van der Waals surface area contributed by atoms with Gasteiger partial charge in [-0.3, -0.25) is 9.69 Å². The summed E-state index contributed by atoms with van der Waals surface area (Å²) in [6.07, 6.45) is 2.20. The van der Waals surface area contributed by atoms with Crippen LogP contribution in [0.15, 0.2) is 18.2 Å². The van der Waals surface area contributed by atoms with E-state index in [0.717, 1.165) is 38.0 Å². The Hall–Kier alpha value is -1.17. The lowest BCUT2D eigenvalue weighted by Gasteiger charge is -2.32. The molecule has 1 aromatic carbocycles. The Morgan fingerprint density at radius 3 is 3.05 bits per heavy atom. The number of carbonyl (C=O) groups is 1. The standard InChI is InChI=1S/C15H20ClFN2O2/c16-13-6-11(3-4-14(13)17)9-19-5-1-2-12(10-19)7-18-8-15(20)21/h3-4,6,12,18H,1-2,5,7-10H2,(H,20,21). The van der Waals surface area contributed by atoms with Gasteiger partial charge in [0, 0.05) is 13.1 Å². The lowest BCUT2D eigenvalue weighted by molar-refractivity contribution is -0.136. The number of halogens is 2. The summed E-state index contributed by atoms with van der Waals surface area (Å²) < 4.78 is 13.1. The van der Waals surface area contributed by atoms with E-state index in [1.165, 1.54) is 6.07 Å². The molecule has 0 aliphatic carbocycles. The lowest BCUT2D eigenvalue weighted by Crippen LogP contribution is -2.40. The van der Waals surface area contributed by atoms with Crippen molar-refractivity contribution in [1.29, 1.82) is 0 Å². The number of hydrogen-bond acceptors (Lipinski definition) is 3. The molecule has 0 amide bonds. The number of nitrogens with one attached hydrogen (secondary N) is 1. The normalized spacial score (nSPS) is 19.6. The van der Waals surface area contributed by atoms with E-state index in [2.05, 4.69) is 10.2 Å². The average molecular weight is 315 g/mol. The van der Waals surface area contributed by atoms with Crippen LogP contribution in [0.5, 0.6) is 0 Å². The summed E-state index contributed by atoms with van der Waals surface area (Å²) in [5.41, 5.74) is 1.00. The first-order valence-electron chi connectivity index (χ1n) is 7.13. The molecule has 2 N–H and O–H groups in total. The molecule has 1 unspecified atom stereocenters. The summed E-state index contributed by atoms with van der Waals surface area (Å²) in [7, 11) is 0. The molecule has 1 aliphatic heterocycles. The largest absolute Gasteiger partial charge is 0.480 e. The van der Waals surface area contributed by atoms with Gasteiger partial charge in [0.2, 0.25) is 0 Å². The van der Waals surface area contributed by atoms with E-state index < -0.39 is 11.8 Å². The SMILES string of the molecule is O=C(O)CNCC1CCCN(Cc2ccc(F)c(Cl)c2)C1. The van der Waals surface area contributed by atoms with Crippen molar-refractivity contribution in [3.8, 4) is 0 Å². The molecule has 0 saturated carbocycles. The Bertz CT molecular complexity index is 499. The fourth-order valence-electron chi connectivity index (χ4n) is 2.74. The number of benzene rings is 1. The number of rotatable bonds is 6. The van der Waals surface area contributed by atoms with E-state index in [9.17, 15) is 9.18 Å². The molecule has 1 heterocycles. The summed E-state index contributed by atoms with van der Waals surface area (Å²) in [5, 5.41) is 11.7. The van der Waals surface area contributed by atoms with Gasteiger partial charge in [-0.15, -0.1) is 0 Å². The van der Waals surface area contributed by atoms with Crippen LogP contribution < -0.4 is 5.32 Å². The Morgan fingerprint density at radius 2 is 2.33 bits per heavy atom. The van der Waals surface area contributed by atoms with Gasteiger partial charge in [0.15, 0.2) is 0 Å². The van der Waals surface area contributed by atoms with E-state index >= 15 is 0 Å². The van der Waals surface area contributed by atoms with Crippen molar-refractivity contribution < 1.29 is 14.3 Å². The van der Waals surface area contributed by atoms with E-state index in [1.54, 1.807) is 12.1 Å². The predicted octanol–water partition coefficient (Wildman–Crippen LogP) is 2.37. The number of aliphatic carboxylic acids is 1. The van der Waals surface area contributed by atoms with E-state index in [-0.39, 0.29) is 11.6 Å². The highest BCUT2D eigenvalue weighted by atomic mass is 35.5. The zero-order valence-electron chi connectivity index (χ0n) is 11.8. The highest BCUT2D eigenvalue weighted by Gasteiger charge is 2.20. The molecule has 1 aromatic rings. The molecule has 21 heavy (non-hydrogen) atoms. The molecular weight excluding hydrogens is 295 g/mol. The number of hydrogen-bond donors (Lipinski definition) is 2. The maximum Gasteiger partial charge on any atom is 0.317 e. The van der Waals surface area contributed by atoms with Gasteiger partial charge in [-0.1, -0.05) is 17.7 Å². The zero-order chi connectivity index (χ0) is 15.2. The first-order chi connectivity index (χ1) is 10.0. The fourth-order valence-corrected chi connectivity index (χ4v) is 2.94. The smallest absolute Gasteiger partial charge is 0.317 e. The monoisotopic (exact) mass is 314 g/mol. The van der Waals surface area contributed by atoms with Gasteiger partial charge in [0.05, 0.1) is 11.6 Å². The molecule has 1 aliphatic rings. The minimum Gasteiger partial charge on any atom is -0.480 e. The highest BCUT2D eigenvalue weighted by Crippen LogP contribution is 2.21. The number of carboxylic acids is 1. The third kappa shape index (κ3) is 5.26. The molecule has 0 bridgehead atoms. The number of carboxylic acid groups (broad SMARTS) is 1. The molecule has 6 heteroatoms. The molecular formula is C15H20ClFN2O2. The summed E-state index contributed by atoms with van der Waals surface area (Å²) in [5.74, 6) is -0.771. The van der Waals surface area contributed by atoms with Gasteiger partial charge in [0.1, 0.15) is 5.82 Å². The van der Waals surface area contributed by atoms with Crippen molar-refractivity contribution in [2.75, 3.05) is 26.2 Å². The van der Waals surface area contributed by atoms with Crippen molar-refractivity contribution in [3.63, 3.8) is 0 Å². The average Bonchev–Trinajstić information content (AvgIpc) is 2.43. The third-order valence-corrected chi connectivity index (χ3v) is 3.99. The first-order valence-corrected chi connectivity index (χ1v) is 7.51. The predicted molar refractivity (Wildman–Crippen MR) is 79.9 cm³/mol. The molecule has 116 valence electrons. The van der Waals surface area contributed by atoms with Crippen LogP contribution in [0.3, 0.4) is 0 Å². The molecule has 0 aromatic heterocycles. The van der Waals surface area contributed by atoms with E-state index in [0.29, 0.717) is 12.5 Å². The quantitative estimate of drug-likeness (QED) is 0.846. The minimum atomic E-state index is -0.830. The van der Waals surface area contributed by atoms with Crippen LogP contribution in [0.2, 0.25) is 5.02 Å². The van der Waals surface area contributed by atoms with Crippen molar-refractivity contribution in [2.45, 2.75) is 19.4 Å². The van der Waals surface area contributed by atoms with Crippen LogP contribution in [0, 0.1) is 11.7 Å². The van der Waals surface area contributed by atoms with Crippen molar-refractivity contribution >= 4 is 17.6 Å². The molecule has 1 saturated heterocycles. The van der Waals surface area contributed by atoms with Crippen molar-refractivity contribution in [1.82, 2.24) is 10.2 Å². The Morgan fingerprint density at radius 1 is 1.52 bits per heavy atom. The van der Waals surface area contributed by atoms with Gasteiger partial charge in [-0.05, 0) is 49.5 Å². The first kappa shape index (κ1) is 16.2. The number of likely N-dealkylation sites (tertiary alicyclic amines) is 1. The van der Waals surface area contributed by atoms with Crippen LogP contribution in [0.1, 0.15) is 18.4 Å². The fraction of sp³-hybridized carbons (Fsp3) is 0.533. The molecule has 1 fully saturated rings. The topological polar surface area (TPSA) is 52.6 Å². The zero-order valence-corrected chi connectivity index (χ0v) is 12.6. The molecule has 2 rings (SSSR count). The highest BCUT2D eigenvalue weighted by molar-refractivity contribution is 6.30. The molecule has 0 spiro atoms. The maximum atomic E-state index is 13.1. The molecule has 1 atom stereocenters. The summed E-state index contributed by atoms with van der Waals surface area (Å²) in [6, 6.07) is 4.82. The Labute approximate surface area is 128 Å². The number of piperidine rings is 1.